The molecule has 1 amide bonds. The number of amides is 1. The monoisotopic (exact) mass is 441 g/mol. The highest BCUT2D eigenvalue weighted by molar-refractivity contribution is 7.16. The van der Waals surface area contributed by atoms with Crippen molar-refractivity contribution < 1.29 is 13.9 Å². The second-order valence-electron chi connectivity index (χ2n) is 6.51. The standard InChI is InChI=1S/C22H17ClFN3O2S/c1-2-29-22(28)27-18-7-6-13(11-25-18)8-15-10-17-21(26-12-30-17)19(20(15)24)14-4-3-5-16(23)9-14/h3-7,9-12H,2,8H2,1H3,(H,25,27,28). The summed E-state index contributed by atoms with van der Waals surface area (Å²) in [4.78, 5) is 20.1. The minimum atomic E-state index is -0.564. The maximum atomic E-state index is 15.5. The summed E-state index contributed by atoms with van der Waals surface area (Å²) in [6, 6.07) is 12.4. The predicted octanol–water partition coefficient (Wildman–Crippen LogP) is 6.31. The minimum Gasteiger partial charge on any atom is -0.450 e. The van der Waals surface area contributed by atoms with Crippen LogP contribution in [-0.4, -0.2) is 22.7 Å². The Bertz CT molecular complexity index is 1210. The van der Waals surface area contributed by atoms with Gasteiger partial charge >= 0.3 is 6.09 Å². The van der Waals surface area contributed by atoms with Gasteiger partial charge in [0.15, 0.2) is 0 Å². The van der Waals surface area contributed by atoms with E-state index in [2.05, 4.69) is 15.3 Å². The molecule has 0 fully saturated rings. The van der Waals surface area contributed by atoms with E-state index in [1.54, 1.807) is 49.0 Å². The minimum absolute atomic E-state index is 0.276. The molecule has 152 valence electrons. The molecule has 4 aromatic rings. The van der Waals surface area contributed by atoms with Crippen LogP contribution in [0.3, 0.4) is 0 Å². The molecular weight excluding hydrogens is 425 g/mol. The normalized spacial score (nSPS) is 10.9. The van der Waals surface area contributed by atoms with Crippen LogP contribution < -0.4 is 5.32 Å². The van der Waals surface area contributed by atoms with Crippen LogP contribution in [0.15, 0.2) is 54.2 Å². The zero-order valence-corrected chi connectivity index (χ0v) is 17.6. The number of benzene rings is 2. The number of pyridine rings is 1. The van der Waals surface area contributed by atoms with Gasteiger partial charge in [-0.3, -0.25) is 5.32 Å². The van der Waals surface area contributed by atoms with Crippen LogP contribution in [0, 0.1) is 5.82 Å². The van der Waals surface area contributed by atoms with E-state index in [0.29, 0.717) is 39.5 Å². The maximum Gasteiger partial charge on any atom is 0.412 e. The number of thiazole rings is 1. The van der Waals surface area contributed by atoms with Crippen LogP contribution in [0.25, 0.3) is 21.3 Å². The Hall–Kier alpha value is -3.03. The summed E-state index contributed by atoms with van der Waals surface area (Å²) in [6.45, 7) is 2.00. The van der Waals surface area contributed by atoms with E-state index in [4.69, 9.17) is 16.3 Å². The summed E-state index contributed by atoms with van der Waals surface area (Å²) in [5.74, 6) is 0.0413. The Morgan fingerprint density at radius 3 is 2.83 bits per heavy atom. The van der Waals surface area contributed by atoms with Crippen LogP contribution in [0.2, 0.25) is 5.02 Å². The molecule has 0 aliphatic carbocycles. The van der Waals surface area contributed by atoms with Crippen LogP contribution in [0.1, 0.15) is 18.1 Å². The number of hydrogen-bond donors (Lipinski definition) is 1. The molecule has 5 nitrogen and oxygen atoms in total. The van der Waals surface area contributed by atoms with Gasteiger partial charge in [0.1, 0.15) is 11.6 Å². The zero-order chi connectivity index (χ0) is 21.1. The molecule has 0 saturated heterocycles. The third kappa shape index (κ3) is 4.27. The lowest BCUT2D eigenvalue weighted by Crippen LogP contribution is -2.14. The fraction of sp³-hybridized carbons (Fsp3) is 0.136. The van der Waals surface area contributed by atoms with E-state index in [1.165, 1.54) is 11.3 Å². The van der Waals surface area contributed by atoms with Gasteiger partial charge < -0.3 is 4.74 Å². The number of ether oxygens (including phenoxy) is 1. The molecule has 0 aliphatic rings. The summed E-state index contributed by atoms with van der Waals surface area (Å²) < 4.78 is 21.3. The van der Waals surface area contributed by atoms with Crippen molar-refractivity contribution in [1.29, 1.82) is 0 Å². The van der Waals surface area contributed by atoms with Crippen LogP contribution >= 0.6 is 22.9 Å². The fourth-order valence-electron chi connectivity index (χ4n) is 3.16. The molecule has 0 spiro atoms. The number of nitrogens with one attached hydrogen (secondary N) is 1. The highest BCUT2D eigenvalue weighted by Gasteiger charge is 2.18. The van der Waals surface area contributed by atoms with Crippen LogP contribution in [0.4, 0.5) is 15.0 Å². The first-order valence-corrected chi connectivity index (χ1v) is 10.5. The number of aromatic nitrogens is 2. The van der Waals surface area contributed by atoms with E-state index in [-0.39, 0.29) is 12.4 Å². The largest absolute Gasteiger partial charge is 0.450 e. The number of anilines is 1. The second-order valence-corrected chi connectivity index (χ2v) is 7.83. The summed E-state index contributed by atoms with van der Waals surface area (Å²) in [6.07, 6.45) is 1.39. The Morgan fingerprint density at radius 2 is 2.10 bits per heavy atom. The van der Waals surface area contributed by atoms with Gasteiger partial charge in [0, 0.05) is 23.2 Å². The molecule has 1 N–H and O–H groups in total. The molecule has 0 bridgehead atoms. The van der Waals surface area contributed by atoms with Gasteiger partial charge in [-0.15, -0.1) is 11.3 Å². The van der Waals surface area contributed by atoms with Crippen molar-refractivity contribution in [3.05, 3.63) is 76.1 Å². The molecule has 0 aliphatic heterocycles. The number of hydrogen-bond acceptors (Lipinski definition) is 5. The molecule has 0 saturated carbocycles. The van der Waals surface area contributed by atoms with Crippen molar-refractivity contribution >= 4 is 45.1 Å². The molecule has 2 aromatic heterocycles. The van der Waals surface area contributed by atoms with E-state index in [9.17, 15) is 4.79 Å². The average molecular weight is 442 g/mol. The fourth-order valence-corrected chi connectivity index (χ4v) is 4.10. The van der Waals surface area contributed by atoms with E-state index >= 15 is 4.39 Å². The highest BCUT2D eigenvalue weighted by Crippen LogP contribution is 2.36. The number of halogens is 2. The molecule has 30 heavy (non-hydrogen) atoms. The third-order valence-electron chi connectivity index (χ3n) is 4.48. The molecule has 2 aromatic carbocycles. The molecule has 4 rings (SSSR count). The topological polar surface area (TPSA) is 64.1 Å². The predicted molar refractivity (Wildman–Crippen MR) is 118 cm³/mol. The lowest BCUT2D eigenvalue weighted by Gasteiger charge is -2.11. The van der Waals surface area contributed by atoms with Crippen LogP contribution in [0.5, 0.6) is 0 Å². The number of carbonyl (C=O) groups is 1. The first-order valence-electron chi connectivity index (χ1n) is 9.24. The van der Waals surface area contributed by atoms with E-state index < -0.39 is 6.09 Å². The first kappa shape index (κ1) is 20.3. The average Bonchev–Trinajstić information content (AvgIpc) is 3.18. The van der Waals surface area contributed by atoms with E-state index in [1.807, 2.05) is 12.1 Å². The maximum absolute atomic E-state index is 15.5. The van der Waals surface area contributed by atoms with Gasteiger partial charge in [-0.2, -0.15) is 0 Å². The third-order valence-corrected chi connectivity index (χ3v) is 5.49. The number of fused-ring (bicyclic) bond motifs is 1. The van der Waals surface area contributed by atoms with Crippen molar-refractivity contribution in [1.82, 2.24) is 9.97 Å². The molecule has 2 heterocycles. The Morgan fingerprint density at radius 1 is 1.23 bits per heavy atom. The zero-order valence-electron chi connectivity index (χ0n) is 16.0. The quantitative estimate of drug-likeness (QED) is 0.394. The van der Waals surface area contributed by atoms with Crippen molar-refractivity contribution in [2.24, 2.45) is 0 Å². The Balaban J connectivity index is 1.67. The van der Waals surface area contributed by atoms with Gasteiger partial charge in [-0.25, -0.2) is 19.2 Å². The summed E-state index contributed by atoms with van der Waals surface area (Å²) >= 11 is 7.58. The molecule has 0 unspecified atom stereocenters. The second kappa shape index (κ2) is 8.77. The lowest BCUT2D eigenvalue weighted by molar-refractivity contribution is 0.168. The Labute approximate surface area is 181 Å². The van der Waals surface area contributed by atoms with Gasteiger partial charge in [-0.1, -0.05) is 29.8 Å². The molecular formula is C22H17ClFN3O2S. The highest BCUT2D eigenvalue weighted by atomic mass is 35.5. The summed E-state index contributed by atoms with van der Waals surface area (Å²) in [5.41, 5.74) is 4.80. The van der Waals surface area contributed by atoms with Gasteiger partial charge in [-0.05, 0) is 47.9 Å². The SMILES string of the molecule is CCOC(=O)Nc1ccc(Cc2cc3scnc3c(-c3cccc(Cl)c3)c2F)cn1. The number of carbonyl (C=O) groups excluding carboxylic acids is 1. The number of rotatable bonds is 5. The lowest BCUT2D eigenvalue weighted by atomic mass is 9.97. The van der Waals surface area contributed by atoms with Crippen molar-refractivity contribution in [2.75, 3.05) is 11.9 Å². The van der Waals surface area contributed by atoms with E-state index in [0.717, 1.165) is 10.3 Å². The van der Waals surface area contributed by atoms with Gasteiger partial charge in [0.25, 0.3) is 0 Å². The molecule has 8 heteroatoms. The van der Waals surface area contributed by atoms with Crippen molar-refractivity contribution in [3.8, 4) is 11.1 Å². The van der Waals surface area contributed by atoms with Crippen LogP contribution in [-0.2, 0) is 11.2 Å². The number of nitrogens with zero attached hydrogens (tertiary/aromatic N) is 2. The van der Waals surface area contributed by atoms with Gasteiger partial charge in [0.05, 0.1) is 22.3 Å². The Kier molecular flexibility index (Phi) is 5.92. The molecule has 0 radical (unpaired) electrons. The summed E-state index contributed by atoms with van der Waals surface area (Å²) in [7, 11) is 0. The molecule has 0 atom stereocenters. The van der Waals surface area contributed by atoms with Crippen molar-refractivity contribution in [3.63, 3.8) is 0 Å². The summed E-state index contributed by atoms with van der Waals surface area (Å²) in [5, 5.41) is 3.07. The van der Waals surface area contributed by atoms with Gasteiger partial charge in [0.2, 0.25) is 0 Å². The first-order chi connectivity index (χ1) is 14.5. The van der Waals surface area contributed by atoms with Crippen molar-refractivity contribution in [2.45, 2.75) is 13.3 Å². The smallest absolute Gasteiger partial charge is 0.412 e.